The Hall–Kier alpha value is -1.56. The summed E-state index contributed by atoms with van der Waals surface area (Å²) < 4.78 is 1.73. The molecule has 1 fully saturated rings. The lowest BCUT2D eigenvalue weighted by Crippen LogP contribution is -2.45. The number of likely N-dealkylation sites (tertiary alicyclic amines) is 1. The van der Waals surface area contributed by atoms with Gasteiger partial charge in [-0.3, -0.25) is 9.58 Å². The molecule has 1 aliphatic heterocycles. The minimum atomic E-state index is -0.107. The van der Waals surface area contributed by atoms with E-state index in [0.717, 1.165) is 18.7 Å². The molecule has 2 heterocycles. The van der Waals surface area contributed by atoms with E-state index in [-0.39, 0.29) is 6.03 Å². The molecule has 0 radical (unpaired) electrons. The molecule has 0 aliphatic carbocycles. The molecule has 0 unspecified atom stereocenters. The van der Waals surface area contributed by atoms with Gasteiger partial charge < -0.3 is 10.6 Å². The fraction of sp³-hybridized carbons (Fsp3) is 0.733. The van der Waals surface area contributed by atoms with Crippen LogP contribution in [0.2, 0.25) is 0 Å². The molecule has 0 bridgehead atoms. The summed E-state index contributed by atoms with van der Waals surface area (Å²) in [6.45, 7) is 5.57. The Kier molecular flexibility index (Phi) is 6.04. The molecule has 0 saturated carbocycles. The van der Waals surface area contributed by atoms with Crippen molar-refractivity contribution in [3.8, 4) is 0 Å². The average molecular weight is 293 g/mol. The van der Waals surface area contributed by atoms with Gasteiger partial charge in [-0.2, -0.15) is 5.10 Å². The summed E-state index contributed by atoms with van der Waals surface area (Å²) in [4.78, 5) is 14.3. The Bertz CT molecular complexity index is 445. The first-order valence-electron chi connectivity index (χ1n) is 7.92. The number of amides is 2. The molecular formula is C15H27N5O. The van der Waals surface area contributed by atoms with Gasteiger partial charge in [0.2, 0.25) is 0 Å². The maximum absolute atomic E-state index is 11.7. The number of nitrogens with zero attached hydrogens (tertiary/aromatic N) is 3. The fourth-order valence-electron chi connectivity index (χ4n) is 2.94. The lowest BCUT2D eigenvalue weighted by atomic mass is 10.0. The predicted molar refractivity (Wildman–Crippen MR) is 82.9 cm³/mol. The minimum absolute atomic E-state index is 0.107. The summed E-state index contributed by atoms with van der Waals surface area (Å²) in [6, 6.07) is 0.586. The highest BCUT2D eigenvalue weighted by Crippen LogP contribution is 2.18. The summed E-state index contributed by atoms with van der Waals surface area (Å²) in [5.41, 5.74) is 1.01. The number of nitrogens with one attached hydrogen (secondary N) is 2. The largest absolute Gasteiger partial charge is 0.337 e. The van der Waals surface area contributed by atoms with Crippen molar-refractivity contribution >= 4 is 6.03 Å². The Morgan fingerprint density at radius 3 is 3.00 bits per heavy atom. The van der Waals surface area contributed by atoms with E-state index in [9.17, 15) is 4.79 Å². The van der Waals surface area contributed by atoms with E-state index in [2.05, 4.69) is 27.6 Å². The van der Waals surface area contributed by atoms with Gasteiger partial charge >= 0.3 is 6.03 Å². The second-order valence-electron chi connectivity index (χ2n) is 5.73. The lowest BCUT2D eigenvalue weighted by molar-refractivity contribution is 0.145. The van der Waals surface area contributed by atoms with Crippen LogP contribution in [-0.2, 0) is 13.6 Å². The first-order valence-corrected chi connectivity index (χ1v) is 7.92. The summed E-state index contributed by atoms with van der Waals surface area (Å²) >= 11 is 0. The van der Waals surface area contributed by atoms with Gasteiger partial charge in [0, 0.05) is 44.5 Å². The Morgan fingerprint density at radius 2 is 2.29 bits per heavy atom. The highest BCUT2D eigenvalue weighted by atomic mass is 16.2. The van der Waals surface area contributed by atoms with Gasteiger partial charge in [-0.15, -0.1) is 0 Å². The maximum atomic E-state index is 11.7. The molecule has 118 valence electrons. The van der Waals surface area contributed by atoms with Crippen molar-refractivity contribution in [3.63, 3.8) is 0 Å². The molecule has 1 aromatic rings. The van der Waals surface area contributed by atoms with Crippen LogP contribution in [0.4, 0.5) is 4.79 Å². The SMILES string of the molecule is CC[C@@H]1CCCCN1CCNC(=O)NCc1cnn(C)c1. The highest BCUT2D eigenvalue weighted by Gasteiger charge is 2.19. The van der Waals surface area contributed by atoms with Crippen LogP contribution in [0.15, 0.2) is 12.4 Å². The van der Waals surface area contributed by atoms with Gasteiger partial charge in [-0.1, -0.05) is 13.3 Å². The molecule has 6 heteroatoms. The monoisotopic (exact) mass is 293 g/mol. The normalized spacial score (nSPS) is 19.4. The number of urea groups is 1. The molecule has 21 heavy (non-hydrogen) atoms. The molecule has 1 atom stereocenters. The van der Waals surface area contributed by atoms with Crippen LogP contribution in [0.3, 0.4) is 0 Å². The molecular weight excluding hydrogens is 266 g/mol. The average Bonchev–Trinajstić information content (AvgIpc) is 2.91. The van der Waals surface area contributed by atoms with Crippen LogP contribution in [0.25, 0.3) is 0 Å². The number of rotatable bonds is 6. The third-order valence-corrected chi connectivity index (χ3v) is 4.12. The molecule has 0 aromatic carbocycles. The van der Waals surface area contributed by atoms with E-state index in [0.29, 0.717) is 19.1 Å². The van der Waals surface area contributed by atoms with Crippen molar-refractivity contribution in [1.29, 1.82) is 0 Å². The molecule has 1 saturated heterocycles. The molecule has 1 aromatic heterocycles. The molecule has 1 aliphatic rings. The molecule has 0 spiro atoms. The van der Waals surface area contributed by atoms with Crippen LogP contribution in [-0.4, -0.2) is 46.4 Å². The Morgan fingerprint density at radius 1 is 1.43 bits per heavy atom. The van der Waals surface area contributed by atoms with E-state index >= 15 is 0 Å². The lowest BCUT2D eigenvalue weighted by Gasteiger charge is -2.35. The number of hydrogen-bond acceptors (Lipinski definition) is 3. The van der Waals surface area contributed by atoms with Crippen molar-refractivity contribution in [3.05, 3.63) is 18.0 Å². The van der Waals surface area contributed by atoms with Crippen molar-refractivity contribution in [1.82, 2.24) is 25.3 Å². The van der Waals surface area contributed by atoms with E-state index in [1.165, 1.54) is 25.7 Å². The van der Waals surface area contributed by atoms with Crippen molar-refractivity contribution in [2.45, 2.75) is 45.2 Å². The van der Waals surface area contributed by atoms with Gasteiger partial charge in [-0.05, 0) is 25.8 Å². The van der Waals surface area contributed by atoms with E-state index < -0.39 is 0 Å². The maximum Gasteiger partial charge on any atom is 0.315 e. The summed E-state index contributed by atoms with van der Waals surface area (Å²) in [5, 5.41) is 9.86. The number of hydrogen-bond donors (Lipinski definition) is 2. The standard InChI is InChI=1S/C15H27N5O/c1-3-14-6-4-5-8-20(14)9-7-16-15(21)17-10-13-11-18-19(2)12-13/h11-12,14H,3-10H2,1-2H3,(H2,16,17,21)/t14-/m1/s1. The van der Waals surface area contributed by atoms with Crippen LogP contribution < -0.4 is 10.6 Å². The number of piperidine rings is 1. The molecule has 2 N–H and O–H groups in total. The minimum Gasteiger partial charge on any atom is -0.337 e. The number of carbonyl (C=O) groups excluding carboxylic acids is 1. The molecule has 6 nitrogen and oxygen atoms in total. The first kappa shape index (κ1) is 15.8. The zero-order valence-corrected chi connectivity index (χ0v) is 13.1. The van der Waals surface area contributed by atoms with Gasteiger partial charge in [0.15, 0.2) is 0 Å². The van der Waals surface area contributed by atoms with Crippen LogP contribution >= 0.6 is 0 Å². The first-order chi connectivity index (χ1) is 10.2. The van der Waals surface area contributed by atoms with Crippen molar-refractivity contribution in [2.24, 2.45) is 7.05 Å². The van der Waals surface area contributed by atoms with Crippen molar-refractivity contribution in [2.75, 3.05) is 19.6 Å². The summed E-state index contributed by atoms with van der Waals surface area (Å²) in [6.07, 6.45) is 8.79. The number of aromatic nitrogens is 2. The van der Waals surface area contributed by atoms with Crippen LogP contribution in [0.1, 0.15) is 38.2 Å². The van der Waals surface area contributed by atoms with Crippen molar-refractivity contribution < 1.29 is 4.79 Å². The topological polar surface area (TPSA) is 62.2 Å². The van der Waals surface area contributed by atoms with Crippen LogP contribution in [0, 0.1) is 0 Å². The smallest absolute Gasteiger partial charge is 0.315 e. The molecule has 2 rings (SSSR count). The van der Waals surface area contributed by atoms with Crippen LogP contribution in [0.5, 0.6) is 0 Å². The quantitative estimate of drug-likeness (QED) is 0.835. The van der Waals surface area contributed by atoms with Gasteiger partial charge in [0.1, 0.15) is 0 Å². The third-order valence-electron chi connectivity index (χ3n) is 4.12. The fourth-order valence-corrected chi connectivity index (χ4v) is 2.94. The molecule has 2 amide bonds. The van der Waals surface area contributed by atoms with Gasteiger partial charge in [0.05, 0.1) is 6.20 Å². The zero-order valence-electron chi connectivity index (χ0n) is 13.1. The third kappa shape index (κ3) is 5.04. The van der Waals surface area contributed by atoms with E-state index in [1.807, 2.05) is 13.2 Å². The highest BCUT2D eigenvalue weighted by molar-refractivity contribution is 5.73. The predicted octanol–water partition coefficient (Wildman–Crippen LogP) is 1.48. The van der Waals surface area contributed by atoms with Gasteiger partial charge in [0.25, 0.3) is 0 Å². The summed E-state index contributed by atoms with van der Waals surface area (Å²) in [5.74, 6) is 0. The van der Waals surface area contributed by atoms with Gasteiger partial charge in [-0.25, -0.2) is 4.79 Å². The second-order valence-corrected chi connectivity index (χ2v) is 5.73. The van der Waals surface area contributed by atoms with E-state index in [4.69, 9.17) is 0 Å². The Labute approximate surface area is 126 Å². The zero-order chi connectivity index (χ0) is 15.1. The Balaban J connectivity index is 1.62. The number of carbonyl (C=O) groups is 1. The number of aryl methyl sites for hydroxylation is 1. The van der Waals surface area contributed by atoms with E-state index in [1.54, 1.807) is 10.9 Å². The second kappa shape index (κ2) is 8.02. The summed E-state index contributed by atoms with van der Waals surface area (Å²) in [7, 11) is 1.87.